The minimum absolute atomic E-state index is 0.0362. The smallest absolute Gasteiger partial charge is 0.257 e. The second-order valence-electron chi connectivity index (χ2n) is 7.40. The molecule has 27 heavy (non-hydrogen) atoms. The van der Waals surface area contributed by atoms with Gasteiger partial charge in [-0.15, -0.1) is 11.3 Å². The van der Waals surface area contributed by atoms with Crippen LogP contribution >= 0.6 is 11.3 Å². The van der Waals surface area contributed by atoms with Gasteiger partial charge in [0.25, 0.3) is 5.91 Å². The highest BCUT2D eigenvalue weighted by molar-refractivity contribution is 7.14. The zero-order valence-electron chi connectivity index (χ0n) is 15.6. The van der Waals surface area contributed by atoms with Gasteiger partial charge in [-0.25, -0.2) is 4.98 Å². The average Bonchev–Trinajstić information content (AvgIpc) is 2.96. The number of nitrogens with zero attached hydrogens (tertiary/aromatic N) is 2. The molecule has 1 fully saturated rings. The molecule has 6 nitrogen and oxygen atoms in total. The van der Waals surface area contributed by atoms with Crippen molar-refractivity contribution < 1.29 is 14.7 Å². The van der Waals surface area contributed by atoms with Crippen LogP contribution in [0.5, 0.6) is 5.75 Å². The third kappa shape index (κ3) is 5.29. The van der Waals surface area contributed by atoms with Gasteiger partial charge in [0.1, 0.15) is 5.75 Å². The van der Waals surface area contributed by atoms with Crippen molar-refractivity contribution in [1.29, 1.82) is 0 Å². The highest BCUT2D eigenvalue weighted by Crippen LogP contribution is 2.23. The standard InChI is InChI=1S/C20H25N3O3S/c1-13-6-7-23(11-14(2)8-13)18(25)10-16-12-27-20(21-16)22-19(26)15-4-3-5-17(24)9-15/h3-5,9,12-14,24H,6-8,10-11H2,1-2H3,(H,21,22,26)/t13-,14-/m1/s1. The van der Waals surface area contributed by atoms with Crippen LogP contribution in [0.2, 0.25) is 0 Å². The molecule has 2 heterocycles. The first-order chi connectivity index (χ1) is 12.9. The quantitative estimate of drug-likeness (QED) is 0.841. The van der Waals surface area contributed by atoms with Crippen molar-refractivity contribution in [3.8, 4) is 5.75 Å². The molecule has 1 aliphatic heterocycles. The minimum Gasteiger partial charge on any atom is -0.508 e. The number of likely N-dealkylation sites (tertiary alicyclic amines) is 1. The van der Waals surface area contributed by atoms with Crippen LogP contribution < -0.4 is 5.32 Å². The summed E-state index contributed by atoms with van der Waals surface area (Å²) in [7, 11) is 0. The molecule has 0 saturated carbocycles. The largest absolute Gasteiger partial charge is 0.508 e. The van der Waals surface area contributed by atoms with Gasteiger partial charge in [-0.3, -0.25) is 14.9 Å². The summed E-state index contributed by atoms with van der Waals surface area (Å²) in [4.78, 5) is 31.2. The molecule has 1 aliphatic rings. The summed E-state index contributed by atoms with van der Waals surface area (Å²) in [5.41, 5.74) is 1.02. The van der Waals surface area contributed by atoms with Crippen molar-refractivity contribution >= 4 is 28.3 Å². The van der Waals surface area contributed by atoms with Crippen LogP contribution in [0, 0.1) is 11.8 Å². The molecule has 144 valence electrons. The third-order valence-corrected chi connectivity index (χ3v) is 5.60. The monoisotopic (exact) mass is 387 g/mol. The van der Waals surface area contributed by atoms with E-state index >= 15 is 0 Å². The Morgan fingerprint density at radius 2 is 2.15 bits per heavy atom. The van der Waals surface area contributed by atoms with Crippen molar-refractivity contribution in [3.63, 3.8) is 0 Å². The number of nitrogens with one attached hydrogen (secondary N) is 1. The van der Waals surface area contributed by atoms with E-state index in [0.29, 0.717) is 28.2 Å². The Balaban J connectivity index is 1.59. The zero-order valence-corrected chi connectivity index (χ0v) is 16.5. The molecular formula is C20H25N3O3S. The van der Waals surface area contributed by atoms with Gasteiger partial charge in [0.05, 0.1) is 12.1 Å². The van der Waals surface area contributed by atoms with Crippen LogP contribution in [0.25, 0.3) is 0 Å². The van der Waals surface area contributed by atoms with Crippen LogP contribution in [-0.2, 0) is 11.2 Å². The van der Waals surface area contributed by atoms with E-state index in [9.17, 15) is 14.7 Å². The summed E-state index contributed by atoms with van der Waals surface area (Å²) in [6.07, 6.45) is 2.45. The van der Waals surface area contributed by atoms with Gasteiger partial charge < -0.3 is 10.0 Å². The molecule has 2 amide bonds. The van der Waals surface area contributed by atoms with Gasteiger partial charge in [0.15, 0.2) is 5.13 Å². The molecule has 2 atom stereocenters. The first-order valence-corrected chi connectivity index (χ1v) is 10.1. The minimum atomic E-state index is -0.339. The van der Waals surface area contributed by atoms with Gasteiger partial charge >= 0.3 is 0 Å². The van der Waals surface area contributed by atoms with Crippen molar-refractivity contribution in [2.24, 2.45) is 11.8 Å². The number of amides is 2. The zero-order chi connectivity index (χ0) is 19.4. The molecule has 0 spiro atoms. The molecule has 1 aromatic carbocycles. The molecule has 1 aromatic heterocycles. The maximum absolute atomic E-state index is 12.6. The van der Waals surface area contributed by atoms with Crippen molar-refractivity contribution in [2.45, 2.75) is 33.1 Å². The average molecular weight is 388 g/mol. The van der Waals surface area contributed by atoms with Gasteiger partial charge in [0.2, 0.25) is 5.91 Å². The fourth-order valence-electron chi connectivity index (χ4n) is 3.48. The van der Waals surface area contributed by atoms with Crippen molar-refractivity contribution in [2.75, 3.05) is 18.4 Å². The molecule has 0 unspecified atom stereocenters. The Kier molecular flexibility index (Phi) is 6.11. The Labute approximate surface area is 163 Å². The number of hydrogen-bond acceptors (Lipinski definition) is 5. The first kappa shape index (κ1) is 19.4. The fraction of sp³-hybridized carbons (Fsp3) is 0.450. The normalized spacial score (nSPS) is 20.1. The Bertz CT molecular complexity index is 820. The number of carbonyl (C=O) groups excluding carboxylic acids is 2. The maximum atomic E-state index is 12.6. The van der Waals surface area contributed by atoms with E-state index in [0.717, 1.165) is 25.9 Å². The number of phenolic OH excluding ortho intramolecular Hbond substituents is 1. The predicted octanol–water partition coefficient (Wildman–Crippen LogP) is 3.54. The van der Waals surface area contributed by atoms with Crippen LogP contribution in [0.1, 0.15) is 42.7 Å². The lowest BCUT2D eigenvalue weighted by Gasteiger charge is -2.22. The number of carbonyl (C=O) groups is 2. The third-order valence-electron chi connectivity index (χ3n) is 4.79. The van der Waals surface area contributed by atoms with Crippen LogP contribution in [0.4, 0.5) is 5.13 Å². The molecule has 2 N–H and O–H groups in total. The number of rotatable bonds is 4. The number of thiazole rings is 1. The fourth-order valence-corrected chi connectivity index (χ4v) is 4.18. The Hall–Kier alpha value is -2.41. The topological polar surface area (TPSA) is 82.5 Å². The number of benzene rings is 1. The maximum Gasteiger partial charge on any atom is 0.257 e. The van der Waals surface area contributed by atoms with E-state index in [1.165, 1.54) is 23.5 Å². The number of anilines is 1. The summed E-state index contributed by atoms with van der Waals surface area (Å²) in [6, 6.07) is 6.14. The molecular weight excluding hydrogens is 362 g/mol. The second-order valence-corrected chi connectivity index (χ2v) is 8.26. The number of hydrogen-bond donors (Lipinski definition) is 2. The molecule has 0 bridgehead atoms. The number of phenols is 1. The molecule has 3 rings (SSSR count). The van der Waals surface area contributed by atoms with E-state index in [-0.39, 0.29) is 24.0 Å². The van der Waals surface area contributed by atoms with Gasteiger partial charge in [-0.1, -0.05) is 19.9 Å². The first-order valence-electron chi connectivity index (χ1n) is 9.23. The highest BCUT2D eigenvalue weighted by atomic mass is 32.1. The van der Waals surface area contributed by atoms with E-state index in [1.807, 2.05) is 4.90 Å². The molecule has 0 radical (unpaired) electrons. The summed E-state index contributed by atoms with van der Waals surface area (Å²) >= 11 is 1.29. The van der Waals surface area contributed by atoms with Gasteiger partial charge in [-0.2, -0.15) is 0 Å². The van der Waals surface area contributed by atoms with E-state index in [2.05, 4.69) is 24.1 Å². The van der Waals surface area contributed by atoms with E-state index in [1.54, 1.807) is 17.5 Å². The van der Waals surface area contributed by atoms with Gasteiger partial charge in [0, 0.05) is 24.0 Å². The summed E-state index contributed by atoms with van der Waals surface area (Å²) in [6.45, 7) is 6.04. The molecule has 1 saturated heterocycles. The predicted molar refractivity (Wildman–Crippen MR) is 106 cm³/mol. The molecule has 2 aromatic rings. The summed E-state index contributed by atoms with van der Waals surface area (Å²) in [5.74, 6) is 0.949. The van der Waals surface area contributed by atoms with E-state index in [4.69, 9.17) is 0 Å². The Morgan fingerprint density at radius 1 is 1.33 bits per heavy atom. The van der Waals surface area contributed by atoms with Crippen LogP contribution in [0.15, 0.2) is 29.6 Å². The molecule has 7 heteroatoms. The number of aromatic nitrogens is 1. The van der Waals surface area contributed by atoms with Crippen LogP contribution in [0.3, 0.4) is 0 Å². The van der Waals surface area contributed by atoms with Crippen molar-refractivity contribution in [3.05, 3.63) is 40.9 Å². The lowest BCUT2D eigenvalue weighted by Crippen LogP contribution is -2.35. The summed E-state index contributed by atoms with van der Waals surface area (Å²) < 4.78 is 0. The second kappa shape index (κ2) is 8.52. The van der Waals surface area contributed by atoms with E-state index < -0.39 is 0 Å². The number of aromatic hydroxyl groups is 1. The Morgan fingerprint density at radius 3 is 2.93 bits per heavy atom. The SMILES string of the molecule is C[C@@H]1CCN(C(=O)Cc2csc(NC(=O)c3cccc(O)c3)n2)C[C@H](C)C1. The lowest BCUT2D eigenvalue weighted by atomic mass is 9.97. The summed E-state index contributed by atoms with van der Waals surface area (Å²) in [5, 5.41) is 14.4. The van der Waals surface area contributed by atoms with Gasteiger partial charge in [-0.05, 0) is 42.9 Å². The molecule has 0 aliphatic carbocycles. The van der Waals surface area contributed by atoms with Crippen molar-refractivity contribution in [1.82, 2.24) is 9.88 Å². The highest BCUT2D eigenvalue weighted by Gasteiger charge is 2.23. The lowest BCUT2D eigenvalue weighted by molar-refractivity contribution is -0.130. The van der Waals surface area contributed by atoms with Crippen LogP contribution in [-0.4, -0.2) is 39.9 Å².